The van der Waals surface area contributed by atoms with Gasteiger partial charge in [-0.1, -0.05) is 23.4 Å². The third-order valence-corrected chi connectivity index (χ3v) is 5.05. The van der Waals surface area contributed by atoms with Crippen LogP contribution in [0.2, 0.25) is 5.02 Å². The summed E-state index contributed by atoms with van der Waals surface area (Å²) in [6.45, 7) is 4.82. The minimum Gasteiger partial charge on any atom is -0.467 e. The van der Waals surface area contributed by atoms with Crippen LogP contribution in [0.4, 0.5) is 0 Å². The summed E-state index contributed by atoms with van der Waals surface area (Å²) < 4.78 is 7.42. The van der Waals surface area contributed by atoms with Crippen molar-refractivity contribution in [2.24, 2.45) is 0 Å². The van der Waals surface area contributed by atoms with Gasteiger partial charge in [-0.2, -0.15) is 0 Å². The summed E-state index contributed by atoms with van der Waals surface area (Å²) in [5.74, 6) is 1.45. The summed E-state index contributed by atoms with van der Waals surface area (Å²) in [6, 6.07) is 11.2. The molecule has 0 saturated heterocycles. The van der Waals surface area contributed by atoms with Crippen LogP contribution in [0.15, 0.2) is 52.2 Å². The Morgan fingerprint density at radius 2 is 2.08 bits per heavy atom. The molecule has 8 heteroatoms. The number of furan rings is 1. The third-order valence-electron chi connectivity index (χ3n) is 3.72. The van der Waals surface area contributed by atoms with E-state index in [4.69, 9.17) is 16.0 Å². The van der Waals surface area contributed by atoms with Crippen LogP contribution in [0.5, 0.6) is 0 Å². The topological polar surface area (TPSA) is 73.0 Å². The highest BCUT2D eigenvalue weighted by atomic mass is 35.5. The molecule has 0 spiro atoms. The van der Waals surface area contributed by atoms with E-state index in [1.54, 1.807) is 6.26 Å². The van der Waals surface area contributed by atoms with Crippen molar-refractivity contribution in [2.45, 2.75) is 30.8 Å². The number of nitrogens with zero attached hydrogens (tertiary/aromatic N) is 3. The Morgan fingerprint density at radius 1 is 1.31 bits per heavy atom. The first kappa shape index (κ1) is 18.5. The molecule has 1 N–H and O–H groups in total. The van der Waals surface area contributed by atoms with Crippen molar-refractivity contribution in [3.05, 3.63) is 53.4 Å². The molecule has 0 aliphatic heterocycles. The van der Waals surface area contributed by atoms with Gasteiger partial charge < -0.3 is 9.73 Å². The number of halogens is 1. The molecule has 1 aromatic carbocycles. The van der Waals surface area contributed by atoms with Gasteiger partial charge >= 0.3 is 0 Å². The molecule has 0 aliphatic rings. The average Bonchev–Trinajstić information content (AvgIpc) is 3.27. The first-order chi connectivity index (χ1) is 12.6. The van der Waals surface area contributed by atoms with Crippen molar-refractivity contribution >= 4 is 29.3 Å². The summed E-state index contributed by atoms with van der Waals surface area (Å²) in [6.07, 6.45) is 1.63. The minimum atomic E-state index is -0.285. The van der Waals surface area contributed by atoms with Crippen molar-refractivity contribution in [2.75, 3.05) is 6.54 Å². The van der Waals surface area contributed by atoms with Crippen LogP contribution in [0.3, 0.4) is 0 Å². The molecule has 2 heterocycles. The Balaban J connectivity index is 1.93. The van der Waals surface area contributed by atoms with E-state index < -0.39 is 0 Å². The second-order valence-corrected chi connectivity index (χ2v) is 7.38. The molecule has 1 atom stereocenters. The number of carbonyl (C=O) groups is 1. The zero-order valence-electron chi connectivity index (χ0n) is 14.5. The number of hydrogen-bond donors (Lipinski definition) is 1. The Kier molecular flexibility index (Phi) is 6.00. The van der Waals surface area contributed by atoms with E-state index in [9.17, 15) is 4.79 Å². The summed E-state index contributed by atoms with van der Waals surface area (Å²) in [5, 5.41) is 12.5. The molecule has 6 nitrogen and oxygen atoms in total. The molecule has 2 aromatic heterocycles. The molecule has 26 heavy (non-hydrogen) atoms. The van der Waals surface area contributed by atoms with E-state index in [1.807, 2.05) is 54.8 Å². The van der Waals surface area contributed by atoms with Crippen molar-refractivity contribution in [1.82, 2.24) is 20.1 Å². The maximum atomic E-state index is 12.1. The lowest BCUT2D eigenvalue weighted by Crippen LogP contribution is -2.30. The van der Waals surface area contributed by atoms with Gasteiger partial charge in [0.1, 0.15) is 5.76 Å². The van der Waals surface area contributed by atoms with Crippen molar-refractivity contribution in [3.8, 4) is 11.4 Å². The van der Waals surface area contributed by atoms with Crippen LogP contribution < -0.4 is 5.32 Å². The summed E-state index contributed by atoms with van der Waals surface area (Å²) in [5.41, 5.74) is 0.894. The maximum absolute atomic E-state index is 12.1. The predicted octanol–water partition coefficient (Wildman–Crippen LogP) is 3.86. The molecule has 3 rings (SSSR count). The van der Waals surface area contributed by atoms with E-state index in [1.165, 1.54) is 11.8 Å². The standard InChI is InChI=1S/C18H19ClN4O2S/c1-3-20-17(24)12(2)26-18-22-21-16(13-6-8-14(19)9-7-13)23(18)11-15-5-4-10-25-15/h4-10,12H,3,11H2,1-2H3,(H,20,24)/t12-/m0/s1. The van der Waals surface area contributed by atoms with E-state index >= 15 is 0 Å². The summed E-state index contributed by atoms with van der Waals surface area (Å²) in [7, 11) is 0. The van der Waals surface area contributed by atoms with E-state index in [-0.39, 0.29) is 11.2 Å². The van der Waals surface area contributed by atoms with Gasteiger partial charge in [-0.25, -0.2) is 0 Å². The highest BCUT2D eigenvalue weighted by Gasteiger charge is 2.21. The molecule has 0 radical (unpaired) electrons. The van der Waals surface area contributed by atoms with Gasteiger partial charge in [0.05, 0.1) is 18.1 Å². The Morgan fingerprint density at radius 3 is 2.73 bits per heavy atom. The fourth-order valence-corrected chi connectivity index (χ4v) is 3.42. The number of thioether (sulfide) groups is 1. The third kappa shape index (κ3) is 4.28. The SMILES string of the molecule is CCNC(=O)[C@H](C)Sc1nnc(-c2ccc(Cl)cc2)n1Cc1ccco1. The lowest BCUT2D eigenvalue weighted by molar-refractivity contribution is -0.120. The second kappa shape index (κ2) is 8.42. The number of amides is 1. The molecule has 136 valence electrons. The van der Waals surface area contributed by atoms with Gasteiger partial charge in [-0.05, 0) is 50.2 Å². The fraction of sp³-hybridized carbons (Fsp3) is 0.278. The zero-order chi connectivity index (χ0) is 18.5. The van der Waals surface area contributed by atoms with Crippen LogP contribution in [0, 0.1) is 0 Å². The van der Waals surface area contributed by atoms with Crippen LogP contribution in [-0.2, 0) is 11.3 Å². The highest BCUT2D eigenvalue weighted by Crippen LogP contribution is 2.28. The quantitative estimate of drug-likeness (QED) is 0.620. The summed E-state index contributed by atoms with van der Waals surface area (Å²) in [4.78, 5) is 12.1. The van der Waals surface area contributed by atoms with Crippen LogP contribution in [0.1, 0.15) is 19.6 Å². The highest BCUT2D eigenvalue weighted by molar-refractivity contribution is 8.00. The van der Waals surface area contributed by atoms with Crippen LogP contribution >= 0.6 is 23.4 Å². The Hall–Kier alpha value is -2.25. The van der Waals surface area contributed by atoms with Gasteiger partial charge in [0.25, 0.3) is 0 Å². The van der Waals surface area contributed by atoms with Crippen molar-refractivity contribution in [3.63, 3.8) is 0 Å². The minimum absolute atomic E-state index is 0.0295. The van der Waals surface area contributed by atoms with Gasteiger partial charge in [0.2, 0.25) is 5.91 Å². The fourth-order valence-electron chi connectivity index (χ4n) is 2.42. The van der Waals surface area contributed by atoms with Crippen LogP contribution in [-0.4, -0.2) is 32.5 Å². The lowest BCUT2D eigenvalue weighted by atomic mass is 10.2. The second-order valence-electron chi connectivity index (χ2n) is 5.63. The molecule has 3 aromatic rings. The first-order valence-electron chi connectivity index (χ1n) is 8.24. The average molecular weight is 391 g/mol. The molecular formula is C18H19ClN4O2S. The smallest absolute Gasteiger partial charge is 0.233 e. The number of carbonyl (C=O) groups excluding carboxylic acids is 1. The van der Waals surface area contributed by atoms with E-state index in [2.05, 4.69) is 15.5 Å². The molecule has 0 saturated carbocycles. The first-order valence-corrected chi connectivity index (χ1v) is 9.50. The van der Waals surface area contributed by atoms with Gasteiger partial charge in [0.15, 0.2) is 11.0 Å². The van der Waals surface area contributed by atoms with Gasteiger partial charge in [-0.15, -0.1) is 10.2 Å². The monoisotopic (exact) mass is 390 g/mol. The van der Waals surface area contributed by atoms with Crippen molar-refractivity contribution in [1.29, 1.82) is 0 Å². The number of rotatable bonds is 7. The van der Waals surface area contributed by atoms with Gasteiger partial charge in [-0.3, -0.25) is 9.36 Å². The van der Waals surface area contributed by atoms with Gasteiger partial charge in [0, 0.05) is 17.1 Å². The van der Waals surface area contributed by atoms with E-state index in [0.717, 1.165) is 11.3 Å². The Labute approximate surface area is 160 Å². The summed E-state index contributed by atoms with van der Waals surface area (Å²) >= 11 is 7.35. The Bertz CT molecular complexity index is 862. The molecule has 0 bridgehead atoms. The maximum Gasteiger partial charge on any atom is 0.233 e. The number of nitrogens with one attached hydrogen (secondary N) is 1. The van der Waals surface area contributed by atoms with Crippen LogP contribution in [0.25, 0.3) is 11.4 Å². The predicted molar refractivity (Wildman–Crippen MR) is 102 cm³/mol. The molecular weight excluding hydrogens is 372 g/mol. The molecule has 0 fully saturated rings. The van der Waals surface area contributed by atoms with E-state index in [0.29, 0.717) is 29.1 Å². The van der Waals surface area contributed by atoms with Crippen molar-refractivity contribution < 1.29 is 9.21 Å². The number of benzene rings is 1. The number of aromatic nitrogens is 3. The normalized spacial score (nSPS) is 12.1. The number of hydrogen-bond acceptors (Lipinski definition) is 5. The molecule has 0 unspecified atom stereocenters. The largest absolute Gasteiger partial charge is 0.467 e. The molecule has 0 aliphatic carbocycles. The molecule has 1 amide bonds. The zero-order valence-corrected chi connectivity index (χ0v) is 16.0. The lowest BCUT2D eigenvalue weighted by Gasteiger charge is -2.12.